The van der Waals surface area contributed by atoms with Crippen molar-refractivity contribution in [1.29, 1.82) is 0 Å². The Balaban J connectivity index is 1.48. The van der Waals surface area contributed by atoms with Crippen molar-refractivity contribution in [2.45, 2.75) is 37.0 Å². The lowest BCUT2D eigenvalue weighted by molar-refractivity contribution is -0.141. The van der Waals surface area contributed by atoms with Gasteiger partial charge in [-0.25, -0.2) is 14.8 Å². The van der Waals surface area contributed by atoms with E-state index in [2.05, 4.69) is 20.6 Å². The van der Waals surface area contributed by atoms with Gasteiger partial charge in [-0.1, -0.05) is 42.5 Å². The maximum atomic E-state index is 13.3. The van der Waals surface area contributed by atoms with Gasteiger partial charge in [-0.15, -0.1) is 0 Å². The van der Waals surface area contributed by atoms with E-state index < -0.39 is 59.1 Å². The summed E-state index contributed by atoms with van der Waals surface area (Å²) in [6.07, 6.45) is -7.08. The molecule has 2 aromatic carbocycles. The highest BCUT2D eigenvalue weighted by Crippen LogP contribution is 2.31. The number of alkyl halides is 6. The van der Waals surface area contributed by atoms with Crippen LogP contribution in [0.15, 0.2) is 72.6 Å². The number of piperidine rings is 1. The van der Waals surface area contributed by atoms with Crippen LogP contribution in [0.3, 0.4) is 0 Å². The second kappa shape index (κ2) is 15.3. The number of amides is 2. The van der Waals surface area contributed by atoms with Crippen molar-refractivity contribution in [1.82, 2.24) is 20.6 Å². The second-order valence-electron chi connectivity index (χ2n) is 10.5. The Bertz CT molecular complexity index is 1590. The predicted octanol–water partition coefficient (Wildman–Crippen LogP) is 5.39. The second-order valence-corrected chi connectivity index (χ2v) is 11.6. The molecule has 1 fully saturated rings. The van der Waals surface area contributed by atoms with Gasteiger partial charge in [0.2, 0.25) is 11.9 Å². The summed E-state index contributed by atoms with van der Waals surface area (Å²) >= 11 is 1.24. The van der Waals surface area contributed by atoms with Gasteiger partial charge in [0, 0.05) is 36.7 Å². The van der Waals surface area contributed by atoms with E-state index in [0.29, 0.717) is 5.75 Å². The Morgan fingerprint density at radius 3 is 2.32 bits per heavy atom. The van der Waals surface area contributed by atoms with Gasteiger partial charge in [-0.3, -0.25) is 9.59 Å². The van der Waals surface area contributed by atoms with Crippen LogP contribution in [0.2, 0.25) is 0 Å². The fourth-order valence-corrected chi connectivity index (χ4v) is 5.65. The summed E-state index contributed by atoms with van der Waals surface area (Å²) in [7, 11) is 0. The van der Waals surface area contributed by atoms with Gasteiger partial charge in [0.15, 0.2) is 0 Å². The van der Waals surface area contributed by atoms with E-state index >= 15 is 0 Å². The monoisotopic (exact) mass is 681 g/mol. The van der Waals surface area contributed by atoms with Gasteiger partial charge < -0.3 is 20.6 Å². The molecule has 1 aromatic heterocycles. The first kappa shape index (κ1) is 35.3. The molecule has 250 valence electrons. The SMILES string of the molecule is O=C(N[C@@H](CSCc1ccccc1)C(=O)O)C(=Cc1cccc(C(F)(F)F)c1)NC(=O)C1CCN(c2nccc(C(F)(F)F)n2)CC1. The van der Waals surface area contributed by atoms with E-state index in [1.54, 1.807) is 0 Å². The molecule has 1 aliphatic rings. The number of carbonyl (C=O) groups excluding carboxylic acids is 2. The van der Waals surface area contributed by atoms with Crippen LogP contribution in [-0.2, 0) is 32.5 Å². The highest BCUT2D eigenvalue weighted by Gasteiger charge is 2.35. The van der Waals surface area contributed by atoms with Gasteiger partial charge in [-0.2, -0.15) is 38.1 Å². The lowest BCUT2D eigenvalue weighted by atomic mass is 9.96. The molecule has 3 N–H and O–H groups in total. The van der Waals surface area contributed by atoms with E-state index in [1.165, 1.54) is 22.7 Å². The Labute approximate surface area is 269 Å². The maximum Gasteiger partial charge on any atom is 0.433 e. The van der Waals surface area contributed by atoms with Crippen LogP contribution in [0, 0.1) is 5.92 Å². The fraction of sp³-hybridized carbons (Fsp3) is 0.323. The number of carboxylic acid groups (broad SMARTS) is 1. The molecule has 2 amide bonds. The Kier molecular flexibility index (Phi) is 11.5. The standard InChI is InChI=1S/C31H29F6N5O4S/c32-30(33,34)22-8-4-7-20(15-22)16-23(27(44)40-24(28(45)46)18-47-17-19-5-2-1-3-6-19)39-26(43)21-10-13-42(14-11-21)29-38-12-9-25(41-29)31(35,36)37/h1-9,12,15-16,21,24H,10-11,13-14,17-18H2,(H,39,43)(H,40,44)(H,45,46)/t24-/m0/s1. The molecule has 0 aliphatic carbocycles. The first-order valence-corrected chi connectivity index (χ1v) is 15.4. The minimum atomic E-state index is -4.68. The largest absolute Gasteiger partial charge is 0.480 e. The number of nitrogens with one attached hydrogen (secondary N) is 2. The van der Waals surface area contributed by atoms with Crippen LogP contribution in [0.1, 0.15) is 35.2 Å². The van der Waals surface area contributed by atoms with Gasteiger partial charge in [0.25, 0.3) is 5.91 Å². The molecule has 1 atom stereocenters. The number of aliphatic carboxylic acids is 1. The number of carbonyl (C=O) groups is 3. The predicted molar refractivity (Wildman–Crippen MR) is 162 cm³/mol. The molecule has 0 saturated carbocycles. The number of hydrogen-bond donors (Lipinski definition) is 3. The molecule has 0 bridgehead atoms. The third kappa shape index (κ3) is 10.2. The van der Waals surface area contributed by atoms with Crippen molar-refractivity contribution in [3.63, 3.8) is 0 Å². The van der Waals surface area contributed by atoms with Crippen LogP contribution in [0.25, 0.3) is 6.08 Å². The lowest BCUT2D eigenvalue weighted by Gasteiger charge is -2.31. The van der Waals surface area contributed by atoms with Crippen LogP contribution in [0.5, 0.6) is 0 Å². The molecular formula is C31H29F6N5O4S. The average Bonchev–Trinajstić information content (AvgIpc) is 3.04. The average molecular weight is 682 g/mol. The summed E-state index contributed by atoms with van der Waals surface area (Å²) in [6, 6.07) is 12.5. The molecule has 2 heterocycles. The Hall–Kier alpha value is -4.60. The minimum absolute atomic E-state index is 0.0448. The van der Waals surface area contributed by atoms with E-state index in [0.717, 1.165) is 42.1 Å². The maximum absolute atomic E-state index is 13.3. The summed E-state index contributed by atoms with van der Waals surface area (Å²) < 4.78 is 79.3. The Morgan fingerprint density at radius 1 is 0.979 bits per heavy atom. The first-order valence-electron chi connectivity index (χ1n) is 14.2. The van der Waals surface area contributed by atoms with Crippen LogP contribution in [0.4, 0.5) is 32.3 Å². The highest BCUT2D eigenvalue weighted by atomic mass is 32.2. The molecule has 1 saturated heterocycles. The molecular weight excluding hydrogens is 652 g/mol. The van der Waals surface area contributed by atoms with Gasteiger partial charge in [0.05, 0.1) is 5.56 Å². The molecule has 3 aromatic rings. The highest BCUT2D eigenvalue weighted by molar-refractivity contribution is 7.98. The van der Waals surface area contributed by atoms with Gasteiger partial charge in [0.1, 0.15) is 17.4 Å². The number of anilines is 1. The minimum Gasteiger partial charge on any atom is -0.480 e. The number of hydrogen-bond acceptors (Lipinski definition) is 7. The van der Waals surface area contributed by atoms with Crippen molar-refractivity contribution >= 4 is 41.6 Å². The molecule has 0 unspecified atom stereocenters. The topological polar surface area (TPSA) is 125 Å². The molecule has 0 spiro atoms. The van der Waals surface area contributed by atoms with E-state index in [4.69, 9.17) is 0 Å². The van der Waals surface area contributed by atoms with Gasteiger partial charge in [-0.05, 0) is 48.2 Å². The number of nitrogens with zero attached hydrogens (tertiary/aromatic N) is 3. The van der Waals surface area contributed by atoms with E-state index in [-0.39, 0.29) is 43.2 Å². The van der Waals surface area contributed by atoms with Crippen molar-refractivity contribution < 1.29 is 45.8 Å². The molecule has 4 rings (SSSR count). The number of benzene rings is 2. The number of thioether (sulfide) groups is 1. The summed E-state index contributed by atoms with van der Waals surface area (Å²) in [5.41, 5.74) is -1.74. The van der Waals surface area contributed by atoms with Crippen LogP contribution >= 0.6 is 11.8 Å². The number of aromatic nitrogens is 2. The molecule has 47 heavy (non-hydrogen) atoms. The number of rotatable bonds is 11. The number of carboxylic acids is 1. The van der Waals surface area contributed by atoms with Crippen LogP contribution < -0.4 is 15.5 Å². The van der Waals surface area contributed by atoms with Crippen molar-refractivity contribution in [2.75, 3.05) is 23.7 Å². The fourth-order valence-electron chi connectivity index (χ4n) is 4.64. The van der Waals surface area contributed by atoms with Crippen molar-refractivity contribution in [2.24, 2.45) is 5.92 Å². The molecule has 1 aliphatic heterocycles. The summed E-state index contributed by atoms with van der Waals surface area (Å²) in [5, 5.41) is 14.5. The summed E-state index contributed by atoms with van der Waals surface area (Å²) in [4.78, 5) is 47.5. The number of halogens is 6. The quantitative estimate of drug-likeness (QED) is 0.182. The zero-order valence-corrected chi connectivity index (χ0v) is 25.3. The third-order valence-corrected chi connectivity index (χ3v) is 8.22. The summed E-state index contributed by atoms with van der Waals surface area (Å²) in [5.74, 6) is -3.54. The Morgan fingerprint density at radius 2 is 1.68 bits per heavy atom. The zero-order valence-electron chi connectivity index (χ0n) is 24.5. The van der Waals surface area contributed by atoms with Gasteiger partial charge >= 0.3 is 18.3 Å². The summed E-state index contributed by atoms with van der Waals surface area (Å²) in [6.45, 7) is 0.218. The normalized spacial score (nSPS) is 15.2. The van der Waals surface area contributed by atoms with Crippen molar-refractivity contribution in [3.8, 4) is 0 Å². The molecule has 16 heteroatoms. The lowest BCUT2D eigenvalue weighted by Crippen LogP contribution is -2.47. The third-order valence-electron chi connectivity index (χ3n) is 7.11. The smallest absolute Gasteiger partial charge is 0.433 e. The first-order chi connectivity index (χ1) is 22.2. The molecule has 9 nitrogen and oxygen atoms in total. The van der Waals surface area contributed by atoms with Crippen LogP contribution in [-0.4, -0.2) is 57.7 Å². The van der Waals surface area contributed by atoms with E-state index in [1.807, 2.05) is 30.3 Å². The zero-order chi connectivity index (χ0) is 34.2. The van der Waals surface area contributed by atoms with E-state index in [9.17, 15) is 45.8 Å². The van der Waals surface area contributed by atoms with Crippen molar-refractivity contribution in [3.05, 3.63) is 94.9 Å². The molecule has 0 radical (unpaired) electrons.